The smallest absolute Gasteiger partial charge is 0.310 e. The van der Waals surface area contributed by atoms with Gasteiger partial charge in [-0.15, -0.1) is 0 Å². The predicted octanol–water partition coefficient (Wildman–Crippen LogP) is 2.26. The summed E-state index contributed by atoms with van der Waals surface area (Å²) in [7, 11) is 0. The largest absolute Gasteiger partial charge is 0.481 e. The van der Waals surface area contributed by atoms with Gasteiger partial charge in [0, 0.05) is 6.54 Å². The zero-order valence-corrected chi connectivity index (χ0v) is 12.8. The van der Waals surface area contributed by atoms with Crippen molar-refractivity contribution < 1.29 is 19.4 Å². The SMILES string of the molecule is O=C(O)[C@H]1[C@H](C(=O)NCc2ccc(Cl)c(Cl)c2)[C@H]2C=C[C@H]1O2. The molecular formula is C15H13Cl2NO4. The van der Waals surface area contributed by atoms with E-state index in [4.69, 9.17) is 27.9 Å². The van der Waals surface area contributed by atoms with Crippen LogP contribution in [0.1, 0.15) is 5.56 Å². The number of fused-ring (bicyclic) bond motifs is 2. The van der Waals surface area contributed by atoms with Gasteiger partial charge in [-0.05, 0) is 17.7 Å². The fourth-order valence-electron chi connectivity index (χ4n) is 2.87. The summed E-state index contributed by atoms with van der Waals surface area (Å²) in [5, 5.41) is 12.9. The van der Waals surface area contributed by atoms with Gasteiger partial charge in [-0.3, -0.25) is 9.59 Å². The molecule has 116 valence electrons. The molecule has 5 nitrogen and oxygen atoms in total. The van der Waals surface area contributed by atoms with E-state index >= 15 is 0 Å². The van der Waals surface area contributed by atoms with E-state index < -0.39 is 30.0 Å². The van der Waals surface area contributed by atoms with Crippen molar-refractivity contribution in [2.45, 2.75) is 18.8 Å². The van der Waals surface area contributed by atoms with E-state index in [9.17, 15) is 14.7 Å². The zero-order valence-electron chi connectivity index (χ0n) is 11.3. The van der Waals surface area contributed by atoms with Gasteiger partial charge in [0.25, 0.3) is 0 Å². The Morgan fingerprint density at radius 1 is 1.14 bits per heavy atom. The highest BCUT2D eigenvalue weighted by molar-refractivity contribution is 6.42. The van der Waals surface area contributed by atoms with Gasteiger partial charge >= 0.3 is 5.97 Å². The number of nitrogens with one attached hydrogen (secondary N) is 1. The molecule has 1 saturated heterocycles. The average Bonchev–Trinajstić information content (AvgIpc) is 3.08. The third-order valence-corrected chi connectivity index (χ3v) is 4.68. The Balaban J connectivity index is 1.68. The second kappa shape index (κ2) is 5.91. The Labute approximate surface area is 136 Å². The van der Waals surface area contributed by atoms with Gasteiger partial charge in [0.1, 0.15) is 5.92 Å². The molecule has 0 aromatic heterocycles. The molecule has 2 N–H and O–H groups in total. The number of aliphatic carboxylic acids is 1. The second-order valence-electron chi connectivity index (χ2n) is 5.31. The third kappa shape index (κ3) is 2.72. The van der Waals surface area contributed by atoms with Crippen LogP contribution in [0.3, 0.4) is 0 Å². The lowest BCUT2D eigenvalue weighted by atomic mass is 9.82. The summed E-state index contributed by atoms with van der Waals surface area (Å²) < 4.78 is 5.48. The van der Waals surface area contributed by atoms with Crippen LogP contribution in [0.5, 0.6) is 0 Å². The summed E-state index contributed by atoms with van der Waals surface area (Å²) in [5.41, 5.74) is 0.786. The number of amides is 1. The summed E-state index contributed by atoms with van der Waals surface area (Å²) in [6, 6.07) is 5.06. The number of carboxylic acids is 1. The van der Waals surface area contributed by atoms with Gasteiger partial charge in [0.2, 0.25) is 5.91 Å². The minimum atomic E-state index is -1.02. The van der Waals surface area contributed by atoms with E-state index in [2.05, 4.69) is 5.32 Å². The lowest BCUT2D eigenvalue weighted by molar-refractivity contribution is -0.146. The number of halogens is 2. The number of hydrogen-bond donors (Lipinski definition) is 2. The Morgan fingerprint density at radius 3 is 2.45 bits per heavy atom. The molecule has 1 aromatic carbocycles. The highest BCUT2D eigenvalue weighted by Crippen LogP contribution is 2.39. The van der Waals surface area contributed by atoms with Gasteiger partial charge in [0.15, 0.2) is 0 Å². The molecule has 0 aliphatic carbocycles. The molecule has 0 saturated carbocycles. The Bertz CT molecular complexity index is 661. The number of carbonyl (C=O) groups excluding carboxylic acids is 1. The fraction of sp³-hybridized carbons (Fsp3) is 0.333. The molecule has 1 amide bonds. The maximum absolute atomic E-state index is 12.3. The molecule has 7 heteroatoms. The van der Waals surface area contributed by atoms with Crippen LogP contribution in [-0.4, -0.2) is 29.2 Å². The maximum Gasteiger partial charge on any atom is 0.310 e. The van der Waals surface area contributed by atoms with Crippen LogP contribution in [0.25, 0.3) is 0 Å². The summed E-state index contributed by atoms with van der Waals surface area (Å²) in [5.74, 6) is -2.92. The summed E-state index contributed by atoms with van der Waals surface area (Å²) >= 11 is 11.8. The molecule has 2 bridgehead atoms. The van der Waals surface area contributed by atoms with Gasteiger partial charge in [0.05, 0.1) is 28.2 Å². The molecule has 1 aromatic rings. The first-order valence-electron chi connectivity index (χ1n) is 6.75. The van der Waals surface area contributed by atoms with Crippen molar-refractivity contribution in [3.05, 3.63) is 46.0 Å². The lowest BCUT2D eigenvalue weighted by Crippen LogP contribution is -2.42. The summed E-state index contributed by atoms with van der Waals surface area (Å²) in [4.78, 5) is 23.7. The van der Waals surface area contributed by atoms with Crippen molar-refractivity contribution >= 4 is 35.1 Å². The standard InChI is InChI=1S/C15H13Cl2NO4/c16-8-2-1-7(5-9(8)17)6-18-14(19)12-10-3-4-11(22-10)13(12)15(20)21/h1-5,10-13H,6H2,(H,18,19)(H,20,21)/t10-,11-,12-,13-/m1/s1. The Morgan fingerprint density at radius 2 is 1.82 bits per heavy atom. The minimum absolute atomic E-state index is 0.250. The van der Waals surface area contributed by atoms with Crippen molar-refractivity contribution in [3.63, 3.8) is 0 Å². The van der Waals surface area contributed by atoms with E-state index in [-0.39, 0.29) is 12.5 Å². The zero-order chi connectivity index (χ0) is 15.9. The molecule has 2 heterocycles. The van der Waals surface area contributed by atoms with Crippen LogP contribution in [0, 0.1) is 11.8 Å². The number of hydrogen-bond acceptors (Lipinski definition) is 3. The first kappa shape index (κ1) is 15.3. The monoisotopic (exact) mass is 341 g/mol. The van der Waals surface area contributed by atoms with E-state index in [1.807, 2.05) is 0 Å². The molecule has 0 radical (unpaired) electrons. The van der Waals surface area contributed by atoms with Gasteiger partial charge in [-0.2, -0.15) is 0 Å². The third-order valence-electron chi connectivity index (χ3n) is 3.94. The summed E-state index contributed by atoms with van der Waals surface area (Å²) in [6.07, 6.45) is 2.45. The molecular weight excluding hydrogens is 329 g/mol. The van der Waals surface area contributed by atoms with Crippen LogP contribution in [0.2, 0.25) is 10.0 Å². The first-order chi connectivity index (χ1) is 10.5. The van der Waals surface area contributed by atoms with Crippen molar-refractivity contribution in [2.75, 3.05) is 0 Å². The lowest BCUT2D eigenvalue weighted by Gasteiger charge is -2.21. The number of ether oxygens (including phenoxy) is 1. The van der Waals surface area contributed by atoms with Crippen molar-refractivity contribution in [1.82, 2.24) is 5.32 Å². The van der Waals surface area contributed by atoms with E-state index in [1.54, 1.807) is 30.4 Å². The topological polar surface area (TPSA) is 75.6 Å². The number of rotatable bonds is 4. The normalized spacial score (nSPS) is 28.8. The van der Waals surface area contributed by atoms with E-state index in [0.717, 1.165) is 5.56 Å². The van der Waals surface area contributed by atoms with Crippen LogP contribution in [-0.2, 0) is 20.9 Å². The Kier molecular flexibility index (Phi) is 4.12. The van der Waals surface area contributed by atoms with Crippen molar-refractivity contribution in [3.8, 4) is 0 Å². The molecule has 0 unspecified atom stereocenters. The van der Waals surface area contributed by atoms with Crippen LogP contribution >= 0.6 is 23.2 Å². The molecule has 4 atom stereocenters. The quantitative estimate of drug-likeness (QED) is 0.823. The maximum atomic E-state index is 12.3. The molecule has 22 heavy (non-hydrogen) atoms. The highest BCUT2D eigenvalue weighted by atomic mass is 35.5. The minimum Gasteiger partial charge on any atom is -0.481 e. The number of carboxylic acid groups (broad SMARTS) is 1. The fourth-order valence-corrected chi connectivity index (χ4v) is 3.19. The van der Waals surface area contributed by atoms with Crippen LogP contribution in [0.4, 0.5) is 0 Å². The van der Waals surface area contributed by atoms with Crippen molar-refractivity contribution in [2.24, 2.45) is 11.8 Å². The van der Waals surface area contributed by atoms with E-state index in [0.29, 0.717) is 10.0 Å². The molecule has 2 aliphatic heterocycles. The molecule has 2 aliphatic rings. The molecule has 1 fully saturated rings. The number of carbonyl (C=O) groups is 2. The number of benzene rings is 1. The van der Waals surface area contributed by atoms with Gasteiger partial charge in [-0.1, -0.05) is 41.4 Å². The predicted molar refractivity (Wildman–Crippen MR) is 80.7 cm³/mol. The van der Waals surface area contributed by atoms with Crippen molar-refractivity contribution in [1.29, 1.82) is 0 Å². The first-order valence-corrected chi connectivity index (χ1v) is 7.51. The van der Waals surface area contributed by atoms with Gasteiger partial charge in [-0.25, -0.2) is 0 Å². The van der Waals surface area contributed by atoms with E-state index in [1.165, 1.54) is 0 Å². The summed E-state index contributed by atoms with van der Waals surface area (Å²) in [6.45, 7) is 0.250. The van der Waals surface area contributed by atoms with Gasteiger partial charge < -0.3 is 15.2 Å². The highest BCUT2D eigenvalue weighted by Gasteiger charge is 2.53. The van der Waals surface area contributed by atoms with Crippen LogP contribution < -0.4 is 5.32 Å². The molecule has 3 rings (SSSR count). The Hall–Kier alpha value is -1.56. The second-order valence-corrected chi connectivity index (χ2v) is 6.12. The van der Waals surface area contributed by atoms with Crippen LogP contribution in [0.15, 0.2) is 30.4 Å². The average molecular weight is 342 g/mol. The molecule has 0 spiro atoms.